The number of fused-ring (bicyclic) bond motifs is 1. The van der Waals surface area contributed by atoms with Gasteiger partial charge in [0.15, 0.2) is 5.65 Å². The molecule has 1 aliphatic carbocycles. The van der Waals surface area contributed by atoms with Crippen LogP contribution in [0.5, 0.6) is 5.75 Å². The molecule has 0 spiro atoms. The molecule has 1 N–H and O–H groups in total. The van der Waals surface area contributed by atoms with E-state index in [4.69, 9.17) is 10.00 Å². The Labute approximate surface area is 209 Å². The molecule has 0 bridgehead atoms. The molecule has 2 fully saturated rings. The average Bonchev–Trinajstić information content (AvgIpc) is 3.66. The monoisotopic (exact) mass is 478 g/mol. The van der Waals surface area contributed by atoms with E-state index in [1.54, 1.807) is 16.6 Å². The van der Waals surface area contributed by atoms with Crippen molar-refractivity contribution in [2.24, 2.45) is 11.8 Å². The zero-order valence-electron chi connectivity index (χ0n) is 19.8. The third-order valence-corrected chi connectivity index (χ3v) is 6.70. The van der Waals surface area contributed by atoms with Gasteiger partial charge >= 0.3 is 0 Å². The average molecular weight is 479 g/mol. The zero-order chi connectivity index (χ0) is 24.5. The van der Waals surface area contributed by atoms with E-state index >= 15 is 0 Å². The summed E-state index contributed by atoms with van der Waals surface area (Å²) in [5, 5.41) is 16.2. The van der Waals surface area contributed by atoms with Crippen molar-refractivity contribution in [1.82, 2.24) is 19.5 Å². The SMILES string of the molecule is N#Cc1ccc(OCC2CN(Cc3ccc(-c4cccc5nc(NC(=O)C6CC6)nn45)cc3)C2)cc1. The van der Waals surface area contributed by atoms with Crippen LogP contribution in [-0.4, -0.2) is 45.1 Å². The minimum atomic E-state index is 0.00543. The standard InChI is InChI=1S/C28H26N6O2/c29-14-19-6-12-24(13-7-19)36-18-21-16-33(17-21)15-20-4-8-22(9-5-20)25-2-1-3-26-30-28(32-34(25)26)31-27(35)23-10-11-23/h1-9,12-13,21,23H,10-11,15-18H2,(H,31,32,35). The predicted molar refractivity (Wildman–Crippen MR) is 135 cm³/mol. The quantitative estimate of drug-likeness (QED) is 0.409. The minimum absolute atomic E-state index is 0.00543. The molecule has 3 heterocycles. The fourth-order valence-corrected chi connectivity index (χ4v) is 4.52. The molecule has 180 valence electrons. The second kappa shape index (κ2) is 9.44. The molecule has 2 aromatic heterocycles. The number of nitriles is 1. The Balaban J connectivity index is 1.04. The number of aromatic nitrogens is 3. The summed E-state index contributed by atoms with van der Waals surface area (Å²) in [6.07, 6.45) is 1.89. The minimum Gasteiger partial charge on any atom is -0.493 e. The van der Waals surface area contributed by atoms with Gasteiger partial charge in [-0.25, -0.2) is 4.52 Å². The molecular weight excluding hydrogens is 452 g/mol. The van der Waals surface area contributed by atoms with Gasteiger partial charge in [-0.3, -0.25) is 15.0 Å². The molecule has 2 aromatic carbocycles. The van der Waals surface area contributed by atoms with Gasteiger partial charge < -0.3 is 4.74 Å². The smallest absolute Gasteiger partial charge is 0.249 e. The molecule has 36 heavy (non-hydrogen) atoms. The number of amides is 1. The van der Waals surface area contributed by atoms with E-state index in [1.165, 1.54) is 5.56 Å². The predicted octanol–water partition coefficient (Wildman–Crippen LogP) is 4.13. The number of likely N-dealkylation sites (tertiary alicyclic amines) is 1. The van der Waals surface area contributed by atoms with Crippen LogP contribution in [-0.2, 0) is 11.3 Å². The molecular formula is C28H26N6O2. The van der Waals surface area contributed by atoms with Crippen LogP contribution in [0.25, 0.3) is 16.9 Å². The Morgan fingerprint density at radius 3 is 2.56 bits per heavy atom. The first-order chi connectivity index (χ1) is 17.6. The summed E-state index contributed by atoms with van der Waals surface area (Å²) >= 11 is 0. The number of rotatable bonds is 8. The van der Waals surface area contributed by atoms with Gasteiger partial charge in [-0.2, -0.15) is 10.2 Å². The first-order valence-electron chi connectivity index (χ1n) is 12.3. The van der Waals surface area contributed by atoms with E-state index in [9.17, 15) is 4.79 Å². The maximum atomic E-state index is 12.1. The second-order valence-electron chi connectivity index (χ2n) is 9.58. The number of nitrogens with zero attached hydrogens (tertiary/aromatic N) is 5. The molecule has 2 aliphatic rings. The van der Waals surface area contributed by atoms with Crippen molar-refractivity contribution < 1.29 is 9.53 Å². The Hall–Kier alpha value is -4.22. The zero-order valence-corrected chi connectivity index (χ0v) is 19.8. The molecule has 0 unspecified atom stereocenters. The van der Waals surface area contributed by atoms with Crippen LogP contribution in [0.15, 0.2) is 66.7 Å². The van der Waals surface area contributed by atoms with Gasteiger partial charge in [0.05, 0.1) is 23.9 Å². The third kappa shape index (κ3) is 4.79. The summed E-state index contributed by atoms with van der Waals surface area (Å²) in [7, 11) is 0. The number of anilines is 1. The van der Waals surface area contributed by atoms with Gasteiger partial charge in [-0.05, 0) is 54.8 Å². The molecule has 0 atom stereocenters. The van der Waals surface area contributed by atoms with Gasteiger partial charge in [0.1, 0.15) is 5.75 Å². The number of carbonyl (C=O) groups excluding carboxylic acids is 1. The van der Waals surface area contributed by atoms with Gasteiger partial charge in [-0.1, -0.05) is 30.3 Å². The lowest BCUT2D eigenvalue weighted by Crippen LogP contribution is -2.48. The molecule has 1 aliphatic heterocycles. The summed E-state index contributed by atoms with van der Waals surface area (Å²) in [5.74, 6) is 1.79. The lowest BCUT2D eigenvalue weighted by molar-refractivity contribution is -0.117. The normalized spacial score (nSPS) is 15.9. The Bertz CT molecular complexity index is 1430. The second-order valence-corrected chi connectivity index (χ2v) is 9.58. The van der Waals surface area contributed by atoms with Crippen LogP contribution < -0.4 is 10.1 Å². The van der Waals surface area contributed by atoms with Crippen molar-refractivity contribution in [3.63, 3.8) is 0 Å². The maximum Gasteiger partial charge on any atom is 0.249 e. The number of nitrogens with one attached hydrogen (secondary N) is 1. The first kappa shape index (κ1) is 22.3. The van der Waals surface area contributed by atoms with Crippen LogP contribution in [0.3, 0.4) is 0 Å². The van der Waals surface area contributed by atoms with Crippen molar-refractivity contribution in [3.8, 4) is 23.1 Å². The Morgan fingerprint density at radius 2 is 1.83 bits per heavy atom. The van der Waals surface area contributed by atoms with Crippen LogP contribution >= 0.6 is 0 Å². The van der Waals surface area contributed by atoms with Crippen molar-refractivity contribution in [3.05, 3.63) is 77.9 Å². The first-order valence-corrected chi connectivity index (χ1v) is 12.3. The lowest BCUT2D eigenvalue weighted by atomic mass is 9.99. The highest BCUT2D eigenvalue weighted by Gasteiger charge is 2.30. The molecule has 8 nitrogen and oxygen atoms in total. The van der Waals surface area contributed by atoms with E-state index in [1.807, 2.05) is 30.3 Å². The fraction of sp³-hybridized carbons (Fsp3) is 0.286. The topological polar surface area (TPSA) is 95.5 Å². The number of hydrogen-bond donors (Lipinski definition) is 1. The van der Waals surface area contributed by atoms with Crippen LogP contribution in [0.2, 0.25) is 0 Å². The molecule has 4 aromatic rings. The maximum absolute atomic E-state index is 12.1. The highest BCUT2D eigenvalue weighted by Crippen LogP contribution is 2.30. The van der Waals surface area contributed by atoms with Crippen molar-refractivity contribution in [2.75, 3.05) is 25.0 Å². The van der Waals surface area contributed by atoms with E-state index in [-0.39, 0.29) is 11.8 Å². The highest BCUT2D eigenvalue weighted by molar-refractivity contribution is 5.92. The van der Waals surface area contributed by atoms with Crippen molar-refractivity contribution in [1.29, 1.82) is 5.26 Å². The van der Waals surface area contributed by atoms with Gasteiger partial charge in [0, 0.05) is 37.0 Å². The van der Waals surface area contributed by atoms with Crippen molar-refractivity contribution >= 4 is 17.5 Å². The Morgan fingerprint density at radius 1 is 1.06 bits per heavy atom. The summed E-state index contributed by atoms with van der Waals surface area (Å²) in [4.78, 5) is 19.0. The van der Waals surface area contributed by atoms with E-state index < -0.39 is 0 Å². The largest absolute Gasteiger partial charge is 0.493 e. The number of benzene rings is 2. The molecule has 6 rings (SSSR count). The summed E-state index contributed by atoms with van der Waals surface area (Å²) in [6.45, 7) is 3.60. The van der Waals surface area contributed by atoms with E-state index in [2.05, 4.69) is 50.6 Å². The van der Waals surface area contributed by atoms with Crippen LogP contribution in [0.4, 0.5) is 5.95 Å². The third-order valence-electron chi connectivity index (χ3n) is 6.70. The molecule has 8 heteroatoms. The van der Waals surface area contributed by atoms with Crippen LogP contribution in [0.1, 0.15) is 24.0 Å². The number of pyridine rings is 1. The van der Waals surface area contributed by atoms with E-state index in [0.29, 0.717) is 29.7 Å². The fourth-order valence-electron chi connectivity index (χ4n) is 4.52. The number of hydrogen-bond acceptors (Lipinski definition) is 6. The summed E-state index contributed by atoms with van der Waals surface area (Å²) in [6, 6.07) is 23.8. The molecule has 0 radical (unpaired) electrons. The number of carbonyl (C=O) groups is 1. The summed E-state index contributed by atoms with van der Waals surface area (Å²) in [5.41, 5.74) is 4.59. The lowest BCUT2D eigenvalue weighted by Gasteiger charge is -2.39. The van der Waals surface area contributed by atoms with Crippen LogP contribution in [0, 0.1) is 23.2 Å². The molecule has 1 saturated carbocycles. The molecule has 1 saturated heterocycles. The van der Waals surface area contributed by atoms with Gasteiger partial charge in [0.2, 0.25) is 11.9 Å². The Kier molecular flexibility index (Phi) is 5.84. The van der Waals surface area contributed by atoms with Gasteiger partial charge in [0.25, 0.3) is 0 Å². The van der Waals surface area contributed by atoms with Crippen molar-refractivity contribution in [2.45, 2.75) is 19.4 Å². The summed E-state index contributed by atoms with van der Waals surface area (Å²) < 4.78 is 7.66. The van der Waals surface area contributed by atoms with Gasteiger partial charge in [-0.15, -0.1) is 5.10 Å². The molecule has 1 amide bonds. The number of ether oxygens (including phenoxy) is 1. The van der Waals surface area contributed by atoms with E-state index in [0.717, 1.165) is 49.5 Å². The highest BCUT2D eigenvalue weighted by atomic mass is 16.5.